The summed E-state index contributed by atoms with van der Waals surface area (Å²) in [5.41, 5.74) is 2.62. The normalized spacial score (nSPS) is 10.7. The Morgan fingerprint density at radius 1 is 1.33 bits per heavy atom. The van der Waals surface area contributed by atoms with Crippen LogP contribution in [-0.2, 0) is 11.2 Å². The van der Waals surface area contributed by atoms with Gasteiger partial charge in [-0.25, -0.2) is 9.50 Å². The van der Waals surface area contributed by atoms with Gasteiger partial charge in [0.2, 0.25) is 0 Å². The third-order valence-electron chi connectivity index (χ3n) is 3.18. The number of carbonyl (C=O) groups is 1. The fourth-order valence-electron chi connectivity index (χ4n) is 2.23. The minimum absolute atomic E-state index is 0.123. The zero-order valence-corrected chi connectivity index (χ0v) is 11.4. The number of aromatic nitrogens is 3. The Morgan fingerprint density at radius 2 is 2.10 bits per heavy atom. The van der Waals surface area contributed by atoms with Crippen molar-refractivity contribution in [1.29, 1.82) is 0 Å². The summed E-state index contributed by atoms with van der Waals surface area (Å²) in [6, 6.07) is 9.09. The molecule has 2 aromatic heterocycles. The van der Waals surface area contributed by atoms with E-state index in [0.717, 1.165) is 11.3 Å². The average molecular weight is 283 g/mol. The first-order valence-electron chi connectivity index (χ1n) is 6.37. The molecule has 0 unspecified atom stereocenters. The Kier molecular flexibility index (Phi) is 3.27. The van der Waals surface area contributed by atoms with Crippen LogP contribution in [0.25, 0.3) is 16.9 Å². The van der Waals surface area contributed by atoms with Gasteiger partial charge in [-0.3, -0.25) is 4.79 Å². The molecule has 3 aromatic rings. The summed E-state index contributed by atoms with van der Waals surface area (Å²) in [5, 5.41) is 13.6. The van der Waals surface area contributed by atoms with Gasteiger partial charge in [-0.1, -0.05) is 0 Å². The van der Waals surface area contributed by atoms with Crippen molar-refractivity contribution in [2.75, 3.05) is 7.11 Å². The summed E-state index contributed by atoms with van der Waals surface area (Å²) in [4.78, 5) is 15.3. The van der Waals surface area contributed by atoms with Gasteiger partial charge in [-0.2, -0.15) is 5.10 Å². The summed E-state index contributed by atoms with van der Waals surface area (Å²) < 4.78 is 6.72. The zero-order valence-electron chi connectivity index (χ0n) is 11.4. The van der Waals surface area contributed by atoms with Crippen LogP contribution in [0.2, 0.25) is 0 Å². The monoisotopic (exact) mass is 283 g/mol. The maximum Gasteiger partial charge on any atom is 0.308 e. The van der Waals surface area contributed by atoms with Crippen molar-refractivity contribution in [1.82, 2.24) is 14.6 Å². The maximum absolute atomic E-state index is 11.1. The molecule has 0 saturated carbocycles. The number of hydrogen-bond acceptors (Lipinski definition) is 4. The minimum Gasteiger partial charge on any atom is -0.497 e. The second-order valence-corrected chi connectivity index (χ2v) is 4.51. The van der Waals surface area contributed by atoms with Crippen molar-refractivity contribution in [3.8, 4) is 17.0 Å². The first-order valence-corrected chi connectivity index (χ1v) is 6.37. The van der Waals surface area contributed by atoms with Gasteiger partial charge in [0, 0.05) is 23.5 Å². The molecule has 0 aliphatic rings. The number of nitrogens with zero attached hydrogens (tertiary/aromatic N) is 3. The van der Waals surface area contributed by atoms with E-state index in [1.165, 1.54) is 0 Å². The number of fused-ring (bicyclic) bond motifs is 1. The predicted octanol–water partition coefficient (Wildman–Crippen LogP) is 2.03. The molecule has 0 radical (unpaired) electrons. The van der Waals surface area contributed by atoms with E-state index >= 15 is 0 Å². The van der Waals surface area contributed by atoms with E-state index in [1.54, 1.807) is 30.1 Å². The number of carboxylic acid groups (broad SMARTS) is 1. The molecule has 6 nitrogen and oxygen atoms in total. The molecule has 0 fully saturated rings. The summed E-state index contributed by atoms with van der Waals surface area (Å²) in [6.07, 6.45) is 3.25. The van der Waals surface area contributed by atoms with E-state index in [-0.39, 0.29) is 6.42 Å². The standard InChI is InChI=1S/C15H13N3O3/c1-21-11-5-3-10(4-6-11)14-12(9-13(19)20)15-16-7-2-8-18(15)17-14/h2-8H,9H2,1H3,(H,19,20). The smallest absolute Gasteiger partial charge is 0.308 e. The third-order valence-corrected chi connectivity index (χ3v) is 3.18. The van der Waals surface area contributed by atoms with Crippen LogP contribution < -0.4 is 4.74 Å². The number of ether oxygens (including phenoxy) is 1. The summed E-state index contributed by atoms with van der Waals surface area (Å²) in [6.45, 7) is 0. The molecule has 2 heterocycles. The summed E-state index contributed by atoms with van der Waals surface area (Å²) in [5.74, 6) is -0.175. The highest BCUT2D eigenvalue weighted by molar-refractivity contribution is 5.80. The minimum atomic E-state index is -0.912. The lowest BCUT2D eigenvalue weighted by Crippen LogP contribution is -2.01. The molecule has 0 atom stereocenters. The lowest BCUT2D eigenvalue weighted by atomic mass is 10.1. The molecular formula is C15H13N3O3. The topological polar surface area (TPSA) is 76.7 Å². The van der Waals surface area contributed by atoms with Crippen LogP contribution in [0, 0.1) is 0 Å². The second-order valence-electron chi connectivity index (χ2n) is 4.51. The second kappa shape index (κ2) is 5.24. The van der Waals surface area contributed by atoms with Crippen molar-refractivity contribution < 1.29 is 14.6 Å². The molecule has 3 rings (SSSR count). The van der Waals surface area contributed by atoms with E-state index in [4.69, 9.17) is 9.84 Å². The number of carboxylic acids is 1. The zero-order chi connectivity index (χ0) is 14.8. The summed E-state index contributed by atoms with van der Waals surface area (Å²) >= 11 is 0. The molecule has 0 bridgehead atoms. The van der Waals surface area contributed by atoms with Gasteiger partial charge >= 0.3 is 5.97 Å². The van der Waals surface area contributed by atoms with Crippen LogP contribution in [0.4, 0.5) is 0 Å². The van der Waals surface area contributed by atoms with Crippen molar-refractivity contribution in [2.45, 2.75) is 6.42 Å². The highest BCUT2D eigenvalue weighted by Crippen LogP contribution is 2.27. The van der Waals surface area contributed by atoms with Crippen molar-refractivity contribution >= 4 is 11.6 Å². The molecule has 0 aliphatic carbocycles. The Hall–Kier alpha value is -2.89. The van der Waals surface area contributed by atoms with Crippen LogP contribution in [0.5, 0.6) is 5.75 Å². The van der Waals surface area contributed by atoms with Crippen LogP contribution in [0.3, 0.4) is 0 Å². The van der Waals surface area contributed by atoms with Gasteiger partial charge in [0.25, 0.3) is 0 Å². The number of methoxy groups -OCH3 is 1. The van der Waals surface area contributed by atoms with E-state index in [0.29, 0.717) is 16.9 Å². The van der Waals surface area contributed by atoms with Gasteiger partial charge in [-0.05, 0) is 30.3 Å². The van der Waals surface area contributed by atoms with Gasteiger partial charge in [0.1, 0.15) is 5.75 Å². The van der Waals surface area contributed by atoms with Gasteiger partial charge < -0.3 is 9.84 Å². The molecule has 1 aromatic carbocycles. The van der Waals surface area contributed by atoms with Crippen molar-refractivity contribution in [3.63, 3.8) is 0 Å². The predicted molar refractivity (Wildman–Crippen MR) is 76.3 cm³/mol. The van der Waals surface area contributed by atoms with E-state index in [2.05, 4.69) is 10.1 Å². The van der Waals surface area contributed by atoms with E-state index in [9.17, 15) is 4.79 Å². The SMILES string of the molecule is COc1ccc(-c2nn3cccnc3c2CC(=O)O)cc1. The number of aliphatic carboxylic acids is 1. The molecule has 106 valence electrons. The number of rotatable bonds is 4. The van der Waals surface area contributed by atoms with Gasteiger partial charge in [0.05, 0.1) is 19.2 Å². The van der Waals surface area contributed by atoms with Crippen LogP contribution in [0.1, 0.15) is 5.56 Å². The first kappa shape index (κ1) is 13.1. The fourth-order valence-corrected chi connectivity index (χ4v) is 2.23. The van der Waals surface area contributed by atoms with Gasteiger partial charge in [0.15, 0.2) is 5.65 Å². The van der Waals surface area contributed by atoms with Crippen LogP contribution in [-0.4, -0.2) is 32.8 Å². The Morgan fingerprint density at radius 3 is 2.76 bits per heavy atom. The quantitative estimate of drug-likeness (QED) is 0.792. The fraction of sp³-hybridized carbons (Fsp3) is 0.133. The molecule has 0 aliphatic heterocycles. The third kappa shape index (κ3) is 2.43. The Balaban J connectivity index is 2.17. The number of benzene rings is 1. The lowest BCUT2D eigenvalue weighted by Gasteiger charge is -2.02. The Bertz CT molecular complexity index is 794. The molecule has 6 heteroatoms. The molecule has 21 heavy (non-hydrogen) atoms. The van der Waals surface area contributed by atoms with E-state index in [1.807, 2.05) is 24.3 Å². The molecule has 1 N–H and O–H groups in total. The maximum atomic E-state index is 11.1. The van der Waals surface area contributed by atoms with Gasteiger partial charge in [-0.15, -0.1) is 0 Å². The lowest BCUT2D eigenvalue weighted by molar-refractivity contribution is -0.136. The van der Waals surface area contributed by atoms with Crippen molar-refractivity contribution in [3.05, 3.63) is 48.3 Å². The number of hydrogen-bond donors (Lipinski definition) is 1. The Labute approximate surface area is 120 Å². The molecule has 0 saturated heterocycles. The molecule has 0 spiro atoms. The largest absolute Gasteiger partial charge is 0.497 e. The highest BCUT2D eigenvalue weighted by Gasteiger charge is 2.17. The van der Waals surface area contributed by atoms with Crippen LogP contribution >= 0.6 is 0 Å². The van der Waals surface area contributed by atoms with E-state index < -0.39 is 5.97 Å². The van der Waals surface area contributed by atoms with Crippen molar-refractivity contribution in [2.24, 2.45) is 0 Å². The average Bonchev–Trinajstić information content (AvgIpc) is 2.86. The first-order chi connectivity index (χ1) is 10.2. The molecule has 0 amide bonds. The van der Waals surface area contributed by atoms with Crippen LogP contribution in [0.15, 0.2) is 42.7 Å². The molecular weight excluding hydrogens is 270 g/mol. The summed E-state index contributed by atoms with van der Waals surface area (Å²) in [7, 11) is 1.60. The highest BCUT2D eigenvalue weighted by atomic mass is 16.5.